The highest BCUT2D eigenvalue weighted by molar-refractivity contribution is 7.89. The summed E-state index contributed by atoms with van der Waals surface area (Å²) >= 11 is 0. The molecule has 1 aromatic rings. The van der Waals surface area contributed by atoms with Crippen LogP contribution in [0.5, 0.6) is 0 Å². The van der Waals surface area contributed by atoms with Crippen LogP contribution >= 0.6 is 0 Å². The van der Waals surface area contributed by atoms with Crippen LogP contribution in [0.4, 0.5) is 5.82 Å². The number of hydrogen-bond acceptors (Lipinski definition) is 5. The minimum atomic E-state index is -3.39. The predicted molar refractivity (Wildman–Crippen MR) is 77.2 cm³/mol. The van der Waals surface area contributed by atoms with Crippen molar-refractivity contribution >= 4 is 15.8 Å². The molecule has 6 nitrogen and oxygen atoms in total. The van der Waals surface area contributed by atoms with Crippen molar-refractivity contribution in [3.63, 3.8) is 0 Å². The van der Waals surface area contributed by atoms with Crippen LogP contribution in [0.3, 0.4) is 0 Å². The third-order valence-electron chi connectivity index (χ3n) is 4.24. The number of aromatic nitrogens is 1. The smallest absolute Gasteiger partial charge is 0.244 e. The van der Waals surface area contributed by atoms with E-state index in [1.807, 2.05) is 6.07 Å². The molecule has 0 saturated carbocycles. The van der Waals surface area contributed by atoms with E-state index in [9.17, 15) is 8.42 Å². The van der Waals surface area contributed by atoms with Crippen LogP contribution in [0.25, 0.3) is 0 Å². The lowest BCUT2D eigenvalue weighted by Gasteiger charge is -2.24. The zero-order valence-corrected chi connectivity index (χ0v) is 12.6. The van der Waals surface area contributed by atoms with Crippen LogP contribution < -0.4 is 10.2 Å². The monoisotopic (exact) mass is 296 g/mol. The second-order valence-electron chi connectivity index (χ2n) is 5.61. The minimum Gasteiger partial charge on any atom is -0.352 e. The van der Waals surface area contributed by atoms with Crippen molar-refractivity contribution in [1.29, 1.82) is 0 Å². The Balaban J connectivity index is 1.84. The summed E-state index contributed by atoms with van der Waals surface area (Å²) in [6.07, 6.45) is 2.64. The second-order valence-corrected chi connectivity index (χ2v) is 7.76. The molecule has 7 heteroatoms. The van der Waals surface area contributed by atoms with Gasteiger partial charge in [0.1, 0.15) is 10.7 Å². The van der Waals surface area contributed by atoms with Crippen LogP contribution in [0.1, 0.15) is 6.42 Å². The van der Waals surface area contributed by atoms with Gasteiger partial charge in [-0.25, -0.2) is 17.7 Å². The van der Waals surface area contributed by atoms with Crippen molar-refractivity contribution in [2.75, 3.05) is 38.6 Å². The number of sulfonamides is 1. The number of rotatable bonds is 3. The number of hydrogen-bond donors (Lipinski definition) is 1. The van der Waals surface area contributed by atoms with Gasteiger partial charge in [0.2, 0.25) is 10.0 Å². The Hall–Kier alpha value is -1.18. The van der Waals surface area contributed by atoms with Crippen molar-refractivity contribution in [2.45, 2.75) is 17.4 Å². The molecule has 0 amide bonds. The molecule has 0 radical (unpaired) electrons. The van der Waals surface area contributed by atoms with Crippen molar-refractivity contribution in [3.8, 4) is 0 Å². The quantitative estimate of drug-likeness (QED) is 0.859. The first-order valence-corrected chi connectivity index (χ1v) is 8.30. The Kier molecular flexibility index (Phi) is 3.43. The summed E-state index contributed by atoms with van der Waals surface area (Å²) in [6.45, 7) is 3.07. The summed E-state index contributed by atoms with van der Waals surface area (Å²) in [5.41, 5.74) is 0. The van der Waals surface area contributed by atoms with E-state index >= 15 is 0 Å². The molecule has 2 fully saturated rings. The summed E-state index contributed by atoms with van der Waals surface area (Å²) < 4.78 is 25.2. The van der Waals surface area contributed by atoms with E-state index in [0.29, 0.717) is 12.0 Å². The summed E-state index contributed by atoms with van der Waals surface area (Å²) in [6, 6.07) is 3.96. The van der Waals surface area contributed by atoms with Crippen molar-refractivity contribution < 1.29 is 8.42 Å². The van der Waals surface area contributed by atoms with E-state index in [0.717, 1.165) is 25.5 Å². The van der Waals surface area contributed by atoms with Gasteiger partial charge in [-0.1, -0.05) is 0 Å². The molecule has 2 aliphatic rings. The van der Waals surface area contributed by atoms with Gasteiger partial charge in [-0.3, -0.25) is 0 Å². The van der Waals surface area contributed by atoms with Gasteiger partial charge in [-0.2, -0.15) is 0 Å². The molecular formula is C13H20N4O2S. The molecule has 0 spiro atoms. The van der Waals surface area contributed by atoms with Crippen molar-refractivity contribution in [1.82, 2.24) is 14.6 Å². The molecule has 2 atom stereocenters. The van der Waals surface area contributed by atoms with E-state index in [2.05, 4.69) is 15.2 Å². The summed E-state index contributed by atoms with van der Waals surface area (Å²) in [4.78, 5) is 6.89. The fourth-order valence-corrected chi connectivity index (χ4v) is 3.89. The van der Waals surface area contributed by atoms with E-state index in [-0.39, 0.29) is 4.90 Å². The van der Waals surface area contributed by atoms with Crippen LogP contribution in [-0.2, 0) is 10.0 Å². The normalized spacial score (nSPS) is 26.2. The SMILES string of the molecule is CN(C)S(=O)(=O)c1ccc(N2CC[C@H]3CNC[C@H]32)nc1. The maximum Gasteiger partial charge on any atom is 0.244 e. The van der Waals surface area contributed by atoms with E-state index < -0.39 is 10.0 Å². The zero-order valence-electron chi connectivity index (χ0n) is 11.8. The van der Waals surface area contributed by atoms with Crippen LogP contribution in [0.15, 0.2) is 23.2 Å². The molecular weight excluding hydrogens is 276 g/mol. The zero-order chi connectivity index (χ0) is 14.3. The van der Waals surface area contributed by atoms with Gasteiger partial charge in [0.25, 0.3) is 0 Å². The molecule has 110 valence electrons. The second kappa shape index (κ2) is 4.98. The maximum absolute atomic E-state index is 12.0. The van der Waals surface area contributed by atoms with Gasteiger partial charge in [-0.05, 0) is 24.5 Å². The lowest BCUT2D eigenvalue weighted by Crippen LogP contribution is -2.34. The van der Waals surface area contributed by atoms with Crippen molar-refractivity contribution in [3.05, 3.63) is 18.3 Å². The number of nitrogens with zero attached hydrogens (tertiary/aromatic N) is 3. The summed E-state index contributed by atoms with van der Waals surface area (Å²) in [5, 5.41) is 3.40. The lowest BCUT2D eigenvalue weighted by atomic mass is 10.1. The molecule has 0 aliphatic carbocycles. The molecule has 2 aliphatic heterocycles. The predicted octanol–water partition coefficient (Wildman–Crippen LogP) is 0.130. The van der Waals surface area contributed by atoms with Crippen LogP contribution in [0.2, 0.25) is 0 Å². The summed E-state index contributed by atoms with van der Waals surface area (Å²) in [5.74, 6) is 1.57. The third kappa shape index (κ3) is 2.19. The highest BCUT2D eigenvalue weighted by atomic mass is 32.2. The first-order valence-electron chi connectivity index (χ1n) is 6.86. The van der Waals surface area contributed by atoms with E-state index in [4.69, 9.17) is 0 Å². The first-order chi connectivity index (χ1) is 9.50. The average molecular weight is 296 g/mol. The van der Waals surface area contributed by atoms with Crippen molar-refractivity contribution in [2.24, 2.45) is 5.92 Å². The molecule has 0 unspecified atom stereocenters. The first kappa shape index (κ1) is 13.8. The van der Waals surface area contributed by atoms with Gasteiger partial charge in [0, 0.05) is 46.0 Å². The number of fused-ring (bicyclic) bond motifs is 1. The fourth-order valence-electron chi connectivity index (χ4n) is 3.04. The maximum atomic E-state index is 12.0. The number of nitrogens with one attached hydrogen (secondary N) is 1. The van der Waals surface area contributed by atoms with Gasteiger partial charge < -0.3 is 10.2 Å². The standard InChI is InChI=1S/C13H20N4O2S/c1-16(2)20(18,19)11-3-4-13(15-8-11)17-6-5-10-7-14-9-12(10)17/h3-4,8,10,12,14H,5-7,9H2,1-2H3/t10-,12+/m0/s1. The lowest BCUT2D eigenvalue weighted by molar-refractivity contribution is 0.520. The molecule has 1 N–H and O–H groups in total. The largest absolute Gasteiger partial charge is 0.352 e. The topological polar surface area (TPSA) is 65.5 Å². The van der Waals surface area contributed by atoms with Gasteiger partial charge in [-0.15, -0.1) is 0 Å². The molecule has 2 saturated heterocycles. The average Bonchev–Trinajstić information content (AvgIpc) is 3.01. The fraction of sp³-hybridized carbons (Fsp3) is 0.615. The van der Waals surface area contributed by atoms with E-state index in [1.165, 1.54) is 31.0 Å². The molecule has 0 aromatic carbocycles. The Morgan fingerprint density at radius 2 is 2.15 bits per heavy atom. The Morgan fingerprint density at radius 1 is 1.35 bits per heavy atom. The van der Waals surface area contributed by atoms with Gasteiger partial charge >= 0.3 is 0 Å². The molecule has 1 aromatic heterocycles. The molecule has 0 bridgehead atoms. The molecule has 3 rings (SSSR count). The number of anilines is 1. The van der Waals surface area contributed by atoms with Crippen LogP contribution in [-0.4, -0.2) is 57.5 Å². The van der Waals surface area contributed by atoms with E-state index in [1.54, 1.807) is 6.07 Å². The molecule has 20 heavy (non-hydrogen) atoms. The highest BCUT2D eigenvalue weighted by Gasteiger charge is 2.38. The number of pyridine rings is 1. The highest BCUT2D eigenvalue weighted by Crippen LogP contribution is 2.31. The Bertz CT molecular complexity index is 585. The van der Waals surface area contributed by atoms with Crippen LogP contribution in [0, 0.1) is 5.92 Å². The Labute approximate surface area is 119 Å². The molecule has 3 heterocycles. The third-order valence-corrected chi connectivity index (χ3v) is 6.04. The summed E-state index contributed by atoms with van der Waals surface area (Å²) in [7, 11) is -0.342. The van der Waals surface area contributed by atoms with Gasteiger partial charge in [0.05, 0.1) is 0 Å². The van der Waals surface area contributed by atoms with Gasteiger partial charge in [0.15, 0.2) is 0 Å². The minimum absolute atomic E-state index is 0.242. The Morgan fingerprint density at radius 3 is 2.80 bits per heavy atom.